The maximum Gasteiger partial charge on any atom is 0.316 e. The first kappa shape index (κ1) is 18.2. The third kappa shape index (κ3) is 4.97. The van der Waals surface area contributed by atoms with Crippen LogP contribution in [0.25, 0.3) is 0 Å². The van der Waals surface area contributed by atoms with Crippen molar-refractivity contribution in [3.63, 3.8) is 0 Å². The van der Waals surface area contributed by atoms with Crippen LogP contribution in [0, 0.1) is 0 Å². The van der Waals surface area contributed by atoms with Crippen LogP contribution in [0.2, 0.25) is 0 Å². The average molecular weight is 368 g/mol. The molecule has 0 fully saturated rings. The number of aliphatic hydroxyl groups is 1. The van der Waals surface area contributed by atoms with Crippen LogP contribution in [-0.2, 0) is 29.3 Å². The van der Waals surface area contributed by atoms with Crippen LogP contribution in [0.3, 0.4) is 0 Å². The van der Waals surface area contributed by atoms with Crippen molar-refractivity contribution in [3.05, 3.63) is 83.7 Å². The minimum atomic E-state index is -0.293. The molecule has 0 bridgehead atoms. The Morgan fingerprint density at radius 2 is 1.69 bits per heavy atom. The number of carbonyl (C=O) groups excluding carboxylic acids is 1. The summed E-state index contributed by atoms with van der Waals surface area (Å²) in [6, 6.07) is 19.5. The summed E-state index contributed by atoms with van der Waals surface area (Å²) in [5.74, 6) is -0.123. The van der Waals surface area contributed by atoms with Gasteiger partial charge < -0.3 is 14.4 Å². The van der Waals surface area contributed by atoms with Gasteiger partial charge in [-0.1, -0.05) is 72.4 Å². The monoisotopic (exact) mass is 368 g/mol. The average Bonchev–Trinajstić information content (AvgIpc) is 3.08. The Labute approximate surface area is 156 Å². The molecule has 0 saturated heterocycles. The molecule has 3 rings (SSSR count). The summed E-state index contributed by atoms with van der Waals surface area (Å²) in [5, 5.41) is 10.2. The zero-order valence-electron chi connectivity index (χ0n) is 14.2. The van der Waals surface area contributed by atoms with E-state index in [2.05, 4.69) is 4.98 Å². The standard InChI is InChI=1S/C20H20N2O3S/c23-13-18-11-21-20(22(18)12-16-7-3-1-4-8-16)26-15-19(24)25-14-17-9-5-2-6-10-17/h1-11,23H,12-15H2. The van der Waals surface area contributed by atoms with Gasteiger partial charge in [-0.05, 0) is 11.1 Å². The van der Waals surface area contributed by atoms with E-state index in [1.54, 1.807) is 6.20 Å². The third-order valence-electron chi connectivity index (χ3n) is 3.81. The van der Waals surface area contributed by atoms with Gasteiger partial charge in [-0.2, -0.15) is 0 Å². The molecule has 6 heteroatoms. The van der Waals surface area contributed by atoms with E-state index >= 15 is 0 Å². The van der Waals surface area contributed by atoms with E-state index in [0.717, 1.165) is 11.1 Å². The van der Waals surface area contributed by atoms with Crippen molar-refractivity contribution < 1.29 is 14.6 Å². The highest BCUT2D eigenvalue weighted by atomic mass is 32.2. The number of ether oxygens (including phenoxy) is 1. The highest BCUT2D eigenvalue weighted by Gasteiger charge is 2.13. The second-order valence-electron chi connectivity index (χ2n) is 5.70. The third-order valence-corrected chi connectivity index (χ3v) is 4.77. The highest BCUT2D eigenvalue weighted by Crippen LogP contribution is 2.21. The summed E-state index contributed by atoms with van der Waals surface area (Å²) in [6.45, 7) is 0.761. The summed E-state index contributed by atoms with van der Waals surface area (Å²) < 4.78 is 7.22. The van der Waals surface area contributed by atoms with Gasteiger partial charge in [0.25, 0.3) is 0 Å². The van der Waals surface area contributed by atoms with Gasteiger partial charge in [0, 0.05) is 6.54 Å². The highest BCUT2D eigenvalue weighted by molar-refractivity contribution is 7.99. The fraction of sp³-hybridized carbons (Fsp3) is 0.200. The quantitative estimate of drug-likeness (QED) is 0.488. The maximum atomic E-state index is 12.0. The molecule has 3 aromatic rings. The topological polar surface area (TPSA) is 64.3 Å². The van der Waals surface area contributed by atoms with Crippen molar-refractivity contribution in [1.82, 2.24) is 9.55 Å². The molecule has 0 radical (unpaired) electrons. The van der Waals surface area contributed by atoms with Gasteiger partial charge in [-0.3, -0.25) is 4.79 Å². The SMILES string of the molecule is O=C(CSc1ncc(CO)n1Cc1ccccc1)OCc1ccccc1. The van der Waals surface area contributed by atoms with Crippen LogP contribution in [-0.4, -0.2) is 26.4 Å². The lowest BCUT2D eigenvalue weighted by Gasteiger charge is -2.11. The summed E-state index contributed by atoms with van der Waals surface area (Å²) in [7, 11) is 0. The minimum Gasteiger partial charge on any atom is -0.460 e. The lowest BCUT2D eigenvalue weighted by molar-refractivity contribution is -0.141. The number of hydrogen-bond donors (Lipinski definition) is 1. The molecule has 2 aromatic carbocycles. The van der Waals surface area contributed by atoms with E-state index in [0.29, 0.717) is 17.4 Å². The maximum absolute atomic E-state index is 12.0. The van der Waals surface area contributed by atoms with Crippen LogP contribution in [0.1, 0.15) is 16.8 Å². The number of thioether (sulfide) groups is 1. The van der Waals surface area contributed by atoms with Crippen molar-refractivity contribution in [1.29, 1.82) is 0 Å². The number of carbonyl (C=O) groups is 1. The second-order valence-corrected chi connectivity index (χ2v) is 6.64. The van der Waals surface area contributed by atoms with Gasteiger partial charge in [-0.15, -0.1) is 0 Å². The Morgan fingerprint density at radius 1 is 1.04 bits per heavy atom. The van der Waals surface area contributed by atoms with Gasteiger partial charge >= 0.3 is 5.97 Å². The molecule has 0 unspecified atom stereocenters. The fourth-order valence-corrected chi connectivity index (χ4v) is 3.27. The van der Waals surface area contributed by atoms with Crippen LogP contribution in [0.4, 0.5) is 0 Å². The summed E-state index contributed by atoms with van der Waals surface area (Å²) >= 11 is 1.31. The lowest BCUT2D eigenvalue weighted by Crippen LogP contribution is -2.10. The molecule has 0 amide bonds. The Bertz CT molecular complexity index is 835. The number of imidazole rings is 1. The van der Waals surface area contributed by atoms with E-state index in [4.69, 9.17) is 4.74 Å². The Kier molecular flexibility index (Phi) is 6.46. The molecule has 0 aliphatic rings. The molecular weight excluding hydrogens is 348 g/mol. The van der Waals surface area contributed by atoms with Crippen molar-refractivity contribution in [2.24, 2.45) is 0 Å². The second kappa shape index (κ2) is 9.22. The zero-order chi connectivity index (χ0) is 18.2. The molecule has 5 nitrogen and oxygen atoms in total. The van der Waals surface area contributed by atoms with Crippen molar-refractivity contribution in [2.75, 3.05) is 5.75 Å². The van der Waals surface area contributed by atoms with E-state index in [-0.39, 0.29) is 24.9 Å². The van der Waals surface area contributed by atoms with Gasteiger partial charge in [0.1, 0.15) is 6.61 Å². The van der Waals surface area contributed by atoms with Gasteiger partial charge in [0.2, 0.25) is 0 Å². The molecule has 0 aliphatic carbocycles. The molecule has 1 heterocycles. The van der Waals surface area contributed by atoms with Crippen LogP contribution >= 0.6 is 11.8 Å². The zero-order valence-corrected chi connectivity index (χ0v) is 15.1. The first-order chi connectivity index (χ1) is 12.8. The molecule has 0 atom stereocenters. The van der Waals surface area contributed by atoms with Crippen LogP contribution < -0.4 is 0 Å². The molecule has 26 heavy (non-hydrogen) atoms. The normalized spacial score (nSPS) is 10.7. The summed E-state index contributed by atoms with van der Waals surface area (Å²) in [4.78, 5) is 16.3. The number of benzene rings is 2. The smallest absolute Gasteiger partial charge is 0.316 e. The van der Waals surface area contributed by atoms with Gasteiger partial charge in [-0.25, -0.2) is 4.98 Å². The number of esters is 1. The van der Waals surface area contributed by atoms with Crippen LogP contribution in [0.15, 0.2) is 72.0 Å². The number of rotatable bonds is 8. The van der Waals surface area contributed by atoms with E-state index in [9.17, 15) is 9.90 Å². The van der Waals surface area contributed by atoms with E-state index in [1.165, 1.54) is 11.8 Å². The van der Waals surface area contributed by atoms with Crippen molar-refractivity contribution in [3.8, 4) is 0 Å². The lowest BCUT2D eigenvalue weighted by atomic mass is 10.2. The minimum absolute atomic E-state index is 0.0984. The predicted molar refractivity (Wildman–Crippen MR) is 101 cm³/mol. The van der Waals surface area contributed by atoms with E-state index < -0.39 is 0 Å². The molecular formula is C20H20N2O3S. The van der Waals surface area contributed by atoms with Crippen molar-refractivity contribution in [2.45, 2.75) is 24.9 Å². The predicted octanol–water partition coefficient (Wildman–Crippen LogP) is 3.26. The first-order valence-corrected chi connectivity index (χ1v) is 9.26. The molecule has 1 N–H and O–H groups in total. The van der Waals surface area contributed by atoms with Crippen LogP contribution in [0.5, 0.6) is 0 Å². The molecule has 0 aliphatic heterocycles. The molecule has 0 saturated carbocycles. The largest absolute Gasteiger partial charge is 0.460 e. The Hall–Kier alpha value is -2.57. The van der Waals surface area contributed by atoms with Crippen molar-refractivity contribution >= 4 is 17.7 Å². The van der Waals surface area contributed by atoms with E-state index in [1.807, 2.05) is 65.2 Å². The number of aromatic nitrogens is 2. The van der Waals surface area contributed by atoms with Gasteiger partial charge in [0.05, 0.1) is 24.3 Å². The Balaban J connectivity index is 1.59. The molecule has 0 spiro atoms. The van der Waals surface area contributed by atoms with Gasteiger partial charge in [0.15, 0.2) is 5.16 Å². The first-order valence-electron chi connectivity index (χ1n) is 8.28. The summed E-state index contributed by atoms with van der Waals surface area (Å²) in [6.07, 6.45) is 1.64. The number of nitrogens with zero attached hydrogens (tertiary/aromatic N) is 2. The molecule has 1 aromatic heterocycles. The summed E-state index contributed by atoms with van der Waals surface area (Å²) in [5.41, 5.74) is 2.78. The number of hydrogen-bond acceptors (Lipinski definition) is 5. The molecule has 134 valence electrons. The fourth-order valence-electron chi connectivity index (χ4n) is 2.47. The number of aliphatic hydroxyl groups excluding tert-OH is 1. The Morgan fingerprint density at radius 3 is 2.35 bits per heavy atom.